The molecule has 1 saturated carbocycles. The first-order chi connectivity index (χ1) is 9.09. The fourth-order valence-electron chi connectivity index (χ4n) is 3.44. The number of hydrogen-bond acceptors (Lipinski definition) is 4. The lowest BCUT2D eigenvalue weighted by molar-refractivity contribution is -0.220. The highest BCUT2D eigenvalue weighted by atomic mass is 35.5. The average Bonchev–Trinajstić information content (AvgIpc) is 2.70. The quantitative estimate of drug-likeness (QED) is 0.593. The fourth-order valence-corrected chi connectivity index (χ4v) is 5.64. The summed E-state index contributed by atoms with van der Waals surface area (Å²) in [6.45, 7) is 1.39. The zero-order valence-electron chi connectivity index (χ0n) is 11.3. The number of alkyl halides is 2. The lowest BCUT2D eigenvalue weighted by Gasteiger charge is -2.44. The minimum Gasteiger partial charge on any atom is -0.394 e. The Bertz CT molecular complexity index is 466. The van der Waals surface area contributed by atoms with E-state index in [0.717, 1.165) is 0 Å². The average molecular weight is 365 g/mol. The number of aliphatic hydroxyl groups excluding tert-OH is 1. The summed E-state index contributed by atoms with van der Waals surface area (Å²) in [6.07, 6.45) is 0.280. The second-order valence-corrected chi connectivity index (χ2v) is 7.58. The van der Waals surface area contributed by atoms with E-state index in [1.807, 2.05) is 0 Å². The molecule has 0 amide bonds. The first kappa shape index (κ1) is 17.1. The van der Waals surface area contributed by atoms with Gasteiger partial charge in [0.1, 0.15) is 9.75 Å². The Morgan fingerprint density at radius 2 is 1.80 bits per heavy atom. The molecule has 2 aliphatic rings. The van der Waals surface area contributed by atoms with Gasteiger partial charge in [-0.25, -0.2) is 0 Å². The van der Waals surface area contributed by atoms with Crippen molar-refractivity contribution in [3.8, 4) is 0 Å². The first-order valence-electron chi connectivity index (χ1n) is 6.03. The van der Waals surface area contributed by atoms with Crippen LogP contribution in [-0.4, -0.2) is 47.0 Å². The number of rotatable bonds is 4. The maximum atomic E-state index is 9.55. The molecule has 1 fully saturated rings. The maximum Gasteiger partial charge on any atom is 0.217 e. The molecule has 3 N–H and O–H groups in total. The Morgan fingerprint density at radius 3 is 2.15 bits per heavy atom. The Kier molecular flexibility index (Phi) is 4.16. The summed E-state index contributed by atoms with van der Waals surface area (Å²) in [5, 5.41) is 9.90. The van der Waals surface area contributed by atoms with Crippen molar-refractivity contribution in [1.82, 2.24) is 0 Å². The molecule has 8 heteroatoms. The summed E-state index contributed by atoms with van der Waals surface area (Å²) >= 11 is 26.0. The van der Waals surface area contributed by atoms with E-state index >= 15 is 0 Å². The van der Waals surface area contributed by atoms with Crippen LogP contribution in [0, 0.1) is 5.92 Å². The molecule has 0 unspecified atom stereocenters. The van der Waals surface area contributed by atoms with E-state index < -0.39 is 27.0 Å². The largest absolute Gasteiger partial charge is 0.394 e. The van der Waals surface area contributed by atoms with Crippen LogP contribution in [0.2, 0.25) is 0 Å². The lowest BCUT2D eigenvalue weighted by atomic mass is 9.77. The van der Waals surface area contributed by atoms with Gasteiger partial charge in [0, 0.05) is 25.7 Å². The number of aliphatic hydroxyl groups is 1. The van der Waals surface area contributed by atoms with Crippen LogP contribution in [0.1, 0.15) is 13.3 Å². The number of methoxy groups -OCH3 is 2. The predicted octanol–water partition coefficient (Wildman–Crippen LogP) is 2.36. The molecule has 116 valence electrons. The molecule has 20 heavy (non-hydrogen) atoms. The van der Waals surface area contributed by atoms with Gasteiger partial charge in [-0.3, -0.25) is 0 Å². The van der Waals surface area contributed by atoms with Gasteiger partial charge in [-0.15, -0.1) is 23.2 Å². The van der Waals surface area contributed by atoms with Gasteiger partial charge in [-0.05, 0) is 13.3 Å². The molecule has 0 heterocycles. The van der Waals surface area contributed by atoms with Crippen molar-refractivity contribution >= 4 is 46.4 Å². The van der Waals surface area contributed by atoms with Crippen molar-refractivity contribution in [2.45, 2.75) is 34.4 Å². The van der Waals surface area contributed by atoms with E-state index in [-0.39, 0.29) is 23.1 Å². The smallest absolute Gasteiger partial charge is 0.217 e. The highest BCUT2D eigenvalue weighted by Gasteiger charge is 2.82. The maximum absolute atomic E-state index is 9.55. The summed E-state index contributed by atoms with van der Waals surface area (Å²) in [5.74, 6) is -1.92. The van der Waals surface area contributed by atoms with Crippen LogP contribution in [0.25, 0.3) is 0 Å². The monoisotopic (exact) mass is 363 g/mol. The Morgan fingerprint density at radius 1 is 1.30 bits per heavy atom. The van der Waals surface area contributed by atoms with Crippen molar-refractivity contribution < 1.29 is 14.6 Å². The van der Waals surface area contributed by atoms with Gasteiger partial charge < -0.3 is 20.3 Å². The molecule has 4 nitrogen and oxygen atoms in total. The number of fused-ring (bicyclic) bond motifs is 2. The molecule has 0 spiro atoms. The molecule has 0 saturated heterocycles. The first-order valence-corrected chi connectivity index (χ1v) is 7.54. The molecule has 2 aliphatic carbocycles. The van der Waals surface area contributed by atoms with Gasteiger partial charge in [0.25, 0.3) is 0 Å². The van der Waals surface area contributed by atoms with Gasteiger partial charge >= 0.3 is 0 Å². The van der Waals surface area contributed by atoms with Crippen molar-refractivity contribution in [2.24, 2.45) is 11.7 Å². The van der Waals surface area contributed by atoms with Crippen LogP contribution >= 0.6 is 46.4 Å². The van der Waals surface area contributed by atoms with Gasteiger partial charge in [0.2, 0.25) is 5.79 Å². The summed E-state index contributed by atoms with van der Waals surface area (Å²) in [5.41, 5.74) is 5.15. The lowest BCUT2D eigenvalue weighted by Crippen LogP contribution is -2.61. The van der Waals surface area contributed by atoms with Crippen LogP contribution < -0.4 is 5.73 Å². The summed E-state index contributed by atoms with van der Waals surface area (Å²) in [4.78, 5) is -2.60. The van der Waals surface area contributed by atoms with Gasteiger partial charge in [0.15, 0.2) is 0 Å². The van der Waals surface area contributed by atoms with Crippen LogP contribution in [0.15, 0.2) is 10.1 Å². The molecule has 0 radical (unpaired) electrons. The van der Waals surface area contributed by atoms with E-state index in [2.05, 4.69) is 0 Å². The number of ether oxygens (including phenoxy) is 2. The summed E-state index contributed by atoms with van der Waals surface area (Å²) in [6, 6.07) is 0. The summed E-state index contributed by atoms with van der Waals surface area (Å²) < 4.78 is 11.0. The van der Waals surface area contributed by atoms with Crippen molar-refractivity contribution in [3.63, 3.8) is 0 Å². The van der Waals surface area contributed by atoms with E-state index in [4.69, 9.17) is 61.6 Å². The third-order valence-corrected chi connectivity index (χ3v) is 7.12. The number of halogens is 4. The van der Waals surface area contributed by atoms with Crippen LogP contribution in [0.3, 0.4) is 0 Å². The van der Waals surface area contributed by atoms with Crippen molar-refractivity contribution in [3.05, 3.63) is 10.1 Å². The topological polar surface area (TPSA) is 64.7 Å². The van der Waals surface area contributed by atoms with Gasteiger partial charge in [0.05, 0.1) is 16.7 Å². The third kappa shape index (κ3) is 1.60. The van der Waals surface area contributed by atoms with Crippen molar-refractivity contribution in [2.75, 3.05) is 20.8 Å². The van der Waals surface area contributed by atoms with E-state index in [1.54, 1.807) is 6.92 Å². The molecule has 4 atom stereocenters. The van der Waals surface area contributed by atoms with Crippen molar-refractivity contribution in [1.29, 1.82) is 0 Å². The second kappa shape index (κ2) is 4.87. The number of nitrogens with two attached hydrogens (primary N) is 1. The van der Waals surface area contributed by atoms with E-state index in [1.165, 1.54) is 14.2 Å². The highest BCUT2D eigenvalue weighted by molar-refractivity contribution is 6.52. The summed E-state index contributed by atoms with van der Waals surface area (Å²) in [7, 11) is 2.85. The number of hydrogen-bond donors (Lipinski definition) is 2. The third-order valence-electron chi connectivity index (χ3n) is 4.54. The molecule has 0 aromatic rings. The Balaban J connectivity index is 2.70. The minimum atomic E-state index is -1.45. The van der Waals surface area contributed by atoms with E-state index in [9.17, 15) is 5.11 Å². The Labute approximate surface area is 138 Å². The zero-order valence-corrected chi connectivity index (χ0v) is 14.4. The second-order valence-electron chi connectivity index (χ2n) is 5.59. The minimum absolute atomic E-state index is 0.154. The molecular weight excluding hydrogens is 348 g/mol. The highest BCUT2D eigenvalue weighted by Crippen LogP contribution is 2.72. The normalized spacial score (nSPS) is 42.1. The van der Waals surface area contributed by atoms with Crippen LogP contribution in [0.5, 0.6) is 0 Å². The molecular formula is C12H17Cl4NO3. The Hall–Kier alpha value is 0.740. The van der Waals surface area contributed by atoms with Crippen LogP contribution in [-0.2, 0) is 9.47 Å². The molecule has 2 rings (SSSR count). The van der Waals surface area contributed by atoms with Gasteiger partial charge in [-0.2, -0.15) is 0 Å². The van der Waals surface area contributed by atoms with Crippen LogP contribution in [0.4, 0.5) is 0 Å². The molecule has 2 bridgehead atoms. The van der Waals surface area contributed by atoms with Gasteiger partial charge in [-0.1, -0.05) is 23.2 Å². The predicted molar refractivity (Wildman–Crippen MR) is 80.4 cm³/mol. The van der Waals surface area contributed by atoms with E-state index in [0.29, 0.717) is 0 Å². The fraction of sp³-hybridized carbons (Fsp3) is 0.833. The zero-order chi connectivity index (χ0) is 15.6. The molecule has 0 aromatic carbocycles. The molecule has 0 aliphatic heterocycles. The SMILES string of the molecule is COC1(OC)[C@]2(Cl)C[C@@H]([C@@](C)(N)CO)[C@@]1(Cl)C(Cl)=C2Cl. The standard InChI is InChI=1S/C12H17Cl4NO3/c1-9(17,5-18)6-4-10(15)7(13)8(14)11(6,16)12(10,19-2)20-3/h6,18H,4-5,17H2,1-3H3/t6-,9-,10-,11+/m0/s1. The molecule has 0 aromatic heterocycles.